The lowest BCUT2D eigenvalue weighted by Gasteiger charge is -2.24. The molecule has 0 spiro atoms. The fourth-order valence-electron chi connectivity index (χ4n) is 1.44. The lowest BCUT2D eigenvalue weighted by molar-refractivity contribution is -0.128. The molecular weight excluding hydrogens is 326 g/mol. The van der Waals surface area contributed by atoms with Gasteiger partial charge in [0.25, 0.3) is 5.91 Å². The SMILES string of the molecule is CC(Oc1cc(C(=O)O)ccc1Br)C(=O)NC(C)(C)C. The summed E-state index contributed by atoms with van der Waals surface area (Å²) in [6.45, 7) is 7.23. The Labute approximate surface area is 126 Å². The molecule has 1 rings (SSSR count). The first kappa shape index (κ1) is 16.5. The Bertz CT molecular complexity index is 522. The second kappa shape index (κ2) is 6.26. The summed E-state index contributed by atoms with van der Waals surface area (Å²) in [5.41, 5.74) is -0.249. The lowest BCUT2D eigenvalue weighted by atomic mass is 10.1. The van der Waals surface area contributed by atoms with Crippen LogP contribution in [0.5, 0.6) is 5.75 Å². The third kappa shape index (κ3) is 4.85. The van der Waals surface area contributed by atoms with Crippen LogP contribution < -0.4 is 10.1 Å². The number of carbonyl (C=O) groups is 2. The number of ether oxygens (including phenoxy) is 1. The maximum absolute atomic E-state index is 11.9. The zero-order valence-corrected chi connectivity index (χ0v) is 13.4. The fraction of sp³-hybridized carbons (Fsp3) is 0.429. The Balaban J connectivity index is 2.85. The number of carboxylic acids is 1. The van der Waals surface area contributed by atoms with Gasteiger partial charge in [0.2, 0.25) is 0 Å². The molecule has 0 heterocycles. The molecule has 1 atom stereocenters. The number of rotatable bonds is 4. The number of nitrogens with one attached hydrogen (secondary N) is 1. The first-order valence-corrected chi connectivity index (χ1v) is 6.91. The van der Waals surface area contributed by atoms with E-state index in [0.717, 1.165) is 0 Å². The van der Waals surface area contributed by atoms with Crippen molar-refractivity contribution >= 4 is 27.8 Å². The summed E-state index contributed by atoms with van der Waals surface area (Å²) < 4.78 is 6.12. The summed E-state index contributed by atoms with van der Waals surface area (Å²) in [7, 11) is 0. The van der Waals surface area contributed by atoms with Crippen LogP contribution in [-0.2, 0) is 4.79 Å². The maximum atomic E-state index is 11.9. The second-order valence-corrected chi connectivity index (χ2v) is 6.30. The molecule has 20 heavy (non-hydrogen) atoms. The standard InChI is InChI=1S/C14H18BrNO4/c1-8(12(17)16-14(2,3)4)20-11-7-9(13(18)19)5-6-10(11)15/h5-8H,1-4H3,(H,16,17)(H,18,19). The molecule has 0 aromatic heterocycles. The number of carboxylic acid groups (broad SMARTS) is 1. The van der Waals surface area contributed by atoms with Crippen LogP contribution in [0.15, 0.2) is 22.7 Å². The van der Waals surface area contributed by atoms with Crippen LogP contribution in [0.1, 0.15) is 38.1 Å². The van der Waals surface area contributed by atoms with E-state index in [1.165, 1.54) is 12.1 Å². The smallest absolute Gasteiger partial charge is 0.335 e. The van der Waals surface area contributed by atoms with E-state index in [0.29, 0.717) is 10.2 Å². The van der Waals surface area contributed by atoms with E-state index in [1.54, 1.807) is 13.0 Å². The van der Waals surface area contributed by atoms with E-state index in [-0.39, 0.29) is 17.0 Å². The topological polar surface area (TPSA) is 75.6 Å². The molecule has 0 aliphatic heterocycles. The summed E-state index contributed by atoms with van der Waals surface area (Å²) in [5.74, 6) is -0.985. The van der Waals surface area contributed by atoms with Crippen molar-refractivity contribution in [3.05, 3.63) is 28.2 Å². The van der Waals surface area contributed by atoms with E-state index in [1.807, 2.05) is 20.8 Å². The normalized spacial score (nSPS) is 12.7. The summed E-state index contributed by atoms with van der Waals surface area (Å²) in [4.78, 5) is 22.8. The monoisotopic (exact) mass is 343 g/mol. The second-order valence-electron chi connectivity index (χ2n) is 5.45. The van der Waals surface area contributed by atoms with Crippen molar-refractivity contribution in [2.24, 2.45) is 0 Å². The summed E-state index contributed by atoms with van der Waals surface area (Å²) >= 11 is 3.27. The maximum Gasteiger partial charge on any atom is 0.335 e. The molecule has 5 nitrogen and oxygen atoms in total. The van der Waals surface area contributed by atoms with Crippen molar-refractivity contribution in [2.75, 3.05) is 0 Å². The van der Waals surface area contributed by atoms with Gasteiger partial charge in [0.1, 0.15) is 5.75 Å². The molecule has 1 aromatic carbocycles. The van der Waals surface area contributed by atoms with E-state index in [2.05, 4.69) is 21.2 Å². The summed E-state index contributed by atoms with van der Waals surface area (Å²) in [6.07, 6.45) is -0.727. The van der Waals surface area contributed by atoms with Gasteiger partial charge in [-0.2, -0.15) is 0 Å². The van der Waals surface area contributed by atoms with Gasteiger partial charge in [-0.25, -0.2) is 4.79 Å². The van der Waals surface area contributed by atoms with E-state index >= 15 is 0 Å². The third-order valence-electron chi connectivity index (χ3n) is 2.35. The largest absolute Gasteiger partial charge is 0.480 e. The molecule has 0 radical (unpaired) electrons. The van der Waals surface area contributed by atoms with Gasteiger partial charge in [-0.1, -0.05) is 0 Å². The average molecular weight is 344 g/mol. The van der Waals surface area contributed by atoms with Crippen LogP contribution in [0, 0.1) is 0 Å². The van der Waals surface area contributed by atoms with Gasteiger partial charge in [-0.3, -0.25) is 4.79 Å². The van der Waals surface area contributed by atoms with Gasteiger partial charge < -0.3 is 15.2 Å². The van der Waals surface area contributed by atoms with Crippen LogP contribution >= 0.6 is 15.9 Å². The minimum atomic E-state index is -1.05. The molecule has 110 valence electrons. The van der Waals surface area contributed by atoms with Crippen molar-refractivity contribution in [1.82, 2.24) is 5.32 Å². The molecule has 0 aliphatic carbocycles. The molecule has 0 saturated carbocycles. The van der Waals surface area contributed by atoms with Crippen molar-refractivity contribution in [2.45, 2.75) is 39.3 Å². The Morgan fingerprint density at radius 2 is 1.95 bits per heavy atom. The lowest BCUT2D eigenvalue weighted by Crippen LogP contribution is -2.46. The number of amides is 1. The van der Waals surface area contributed by atoms with Crippen LogP contribution in [0.3, 0.4) is 0 Å². The molecule has 0 saturated heterocycles. The van der Waals surface area contributed by atoms with Crippen LogP contribution in [-0.4, -0.2) is 28.6 Å². The minimum absolute atomic E-state index is 0.103. The minimum Gasteiger partial charge on any atom is -0.480 e. The van der Waals surface area contributed by atoms with Crippen LogP contribution in [0.25, 0.3) is 0 Å². The Kier molecular flexibility index (Phi) is 5.16. The summed E-state index contributed by atoms with van der Waals surface area (Å²) in [6, 6.07) is 4.42. The Morgan fingerprint density at radius 3 is 2.45 bits per heavy atom. The molecule has 1 unspecified atom stereocenters. The highest BCUT2D eigenvalue weighted by Gasteiger charge is 2.21. The van der Waals surface area contributed by atoms with E-state index in [9.17, 15) is 9.59 Å². The zero-order chi connectivity index (χ0) is 15.5. The van der Waals surface area contributed by atoms with Gasteiger partial charge >= 0.3 is 5.97 Å². The zero-order valence-electron chi connectivity index (χ0n) is 11.9. The van der Waals surface area contributed by atoms with Crippen molar-refractivity contribution < 1.29 is 19.4 Å². The van der Waals surface area contributed by atoms with Gasteiger partial charge in [0.15, 0.2) is 6.10 Å². The molecule has 0 fully saturated rings. The molecule has 2 N–H and O–H groups in total. The number of halogens is 1. The molecule has 0 bridgehead atoms. The Morgan fingerprint density at radius 1 is 1.35 bits per heavy atom. The highest BCUT2D eigenvalue weighted by molar-refractivity contribution is 9.10. The number of aromatic carboxylic acids is 1. The number of carbonyl (C=O) groups excluding carboxylic acids is 1. The van der Waals surface area contributed by atoms with Gasteiger partial charge in [-0.05, 0) is 61.8 Å². The van der Waals surface area contributed by atoms with Crippen molar-refractivity contribution in [1.29, 1.82) is 0 Å². The number of benzene rings is 1. The van der Waals surface area contributed by atoms with Gasteiger partial charge in [0, 0.05) is 5.54 Å². The van der Waals surface area contributed by atoms with Gasteiger partial charge in [-0.15, -0.1) is 0 Å². The predicted octanol–water partition coefficient (Wildman–Crippen LogP) is 2.83. The number of hydrogen-bond donors (Lipinski definition) is 2. The van der Waals surface area contributed by atoms with E-state index in [4.69, 9.17) is 9.84 Å². The Hall–Kier alpha value is -1.56. The number of hydrogen-bond acceptors (Lipinski definition) is 3. The fourth-order valence-corrected chi connectivity index (χ4v) is 1.78. The first-order valence-electron chi connectivity index (χ1n) is 6.11. The molecule has 1 aromatic rings. The first-order chi connectivity index (χ1) is 9.10. The molecule has 6 heteroatoms. The van der Waals surface area contributed by atoms with Gasteiger partial charge in [0.05, 0.1) is 10.0 Å². The summed E-state index contributed by atoms with van der Waals surface area (Å²) in [5, 5.41) is 11.7. The molecule has 1 amide bonds. The predicted molar refractivity (Wildman–Crippen MR) is 79.1 cm³/mol. The highest BCUT2D eigenvalue weighted by Crippen LogP contribution is 2.27. The van der Waals surface area contributed by atoms with E-state index < -0.39 is 12.1 Å². The van der Waals surface area contributed by atoms with Crippen LogP contribution in [0.4, 0.5) is 0 Å². The molecule has 0 aliphatic rings. The van der Waals surface area contributed by atoms with Crippen molar-refractivity contribution in [3.63, 3.8) is 0 Å². The van der Waals surface area contributed by atoms with Crippen LogP contribution in [0.2, 0.25) is 0 Å². The third-order valence-corrected chi connectivity index (χ3v) is 3.00. The average Bonchev–Trinajstić information content (AvgIpc) is 2.29. The quantitative estimate of drug-likeness (QED) is 0.881. The highest BCUT2D eigenvalue weighted by atomic mass is 79.9. The van der Waals surface area contributed by atoms with Crippen molar-refractivity contribution in [3.8, 4) is 5.75 Å². The molecular formula is C14H18BrNO4.